The van der Waals surface area contributed by atoms with Crippen molar-refractivity contribution in [3.63, 3.8) is 0 Å². The summed E-state index contributed by atoms with van der Waals surface area (Å²) in [4.78, 5) is 4.36. The Balaban J connectivity index is 1.73. The molecule has 3 heteroatoms. The second-order valence-electron chi connectivity index (χ2n) is 5.11. The minimum atomic E-state index is 0.605. The minimum absolute atomic E-state index is 0.605. The van der Waals surface area contributed by atoms with Crippen LogP contribution in [0.2, 0.25) is 0 Å². The standard InChI is InChI=1S/C18H15NO2/c1-2-4-13(5-3-1)16-11-15-10-14(18-19-8-9-20-18)6-7-17(15)21-12-16/h1-7,10-11H,8-9,12H2. The fourth-order valence-corrected chi connectivity index (χ4v) is 2.64. The molecule has 2 aromatic carbocycles. The fourth-order valence-electron chi connectivity index (χ4n) is 2.64. The van der Waals surface area contributed by atoms with E-state index in [2.05, 4.69) is 29.3 Å². The topological polar surface area (TPSA) is 30.8 Å². The van der Waals surface area contributed by atoms with Crippen LogP contribution in [0.1, 0.15) is 16.7 Å². The molecule has 0 amide bonds. The molecule has 2 aliphatic rings. The molecule has 0 bridgehead atoms. The number of fused-ring (bicyclic) bond motifs is 1. The first-order valence-electron chi connectivity index (χ1n) is 7.11. The van der Waals surface area contributed by atoms with Crippen LogP contribution in [0.3, 0.4) is 0 Å². The van der Waals surface area contributed by atoms with E-state index in [1.165, 1.54) is 11.1 Å². The summed E-state index contributed by atoms with van der Waals surface area (Å²) < 4.78 is 11.4. The molecule has 3 nitrogen and oxygen atoms in total. The summed E-state index contributed by atoms with van der Waals surface area (Å²) in [6.07, 6.45) is 2.19. The lowest BCUT2D eigenvalue weighted by atomic mass is 9.99. The van der Waals surface area contributed by atoms with Gasteiger partial charge in [-0.05, 0) is 35.4 Å². The molecule has 0 aromatic heterocycles. The van der Waals surface area contributed by atoms with Crippen molar-refractivity contribution in [2.75, 3.05) is 19.8 Å². The highest BCUT2D eigenvalue weighted by molar-refractivity contribution is 5.97. The third-order valence-corrected chi connectivity index (χ3v) is 3.70. The van der Waals surface area contributed by atoms with Crippen LogP contribution in [0, 0.1) is 0 Å². The van der Waals surface area contributed by atoms with E-state index in [9.17, 15) is 0 Å². The zero-order valence-corrected chi connectivity index (χ0v) is 11.6. The molecule has 0 fully saturated rings. The number of rotatable bonds is 2. The van der Waals surface area contributed by atoms with Gasteiger partial charge < -0.3 is 9.47 Å². The van der Waals surface area contributed by atoms with E-state index in [1.54, 1.807) is 0 Å². The zero-order chi connectivity index (χ0) is 14.1. The van der Waals surface area contributed by atoms with E-state index in [0.29, 0.717) is 13.2 Å². The van der Waals surface area contributed by atoms with Crippen molar-refractivity contribution in [1.29, 1.82) is 0 Å². The summed E-state index contributed by atoms with van der Waals surface area (Å²) in [5.41, 5.74) is 4.48. The Morgan fingerprint density at radius 1 is 0.905 bits per heavy atom. The van der Waals surface area contributed by atoms with Crippen LogP contribution in [0.4, 0.5) is 0 Å². The predicted molar refractivity (Wildman–Crippen MR) is 83.6 cm³/mol. The van der Waals surface area contributed by atoms with Gasteiger partial charge in [0.2, 0.25) is 5.90 Å². The van der Waals surface area contributed by atoms with Crippen LogP contribution in [0.25, 0.3) is 11.6 Å². The summed E-state index contributed by atoms with van der Waals surface area (Å²) >= 11 is 0. The Kier molecular flexibility index (Phi) is 2.96. The average molecular weight is 277 g/mol. The highest BCUT2D eigenvalue weighted by Gasteiger charge is 2.16. The Hall–Kier alpha value is -2.55. The van der Waals surface area contributed by atoms with Gasteiger partial charge in [0.1, 0.15) is 19.0 Å². The maximum atomic E-state index is 5.86. The second kappa shape index (κ2) is 5.09. The molecule has 0 saturated heterocycles. The summed E-state index contributed by atoms with van der Waals surface area (Å²) in [5.74, 6) is 1.65. The summed E-state index contributed by atoms with van der Waals surface area (Å²) in [5, 5.41) is 0. The molecular weight excluding hydrogens is 262 g/mol. The van der Waals surface area contributed by atoms with Gasteiger partial charge in [-0.15, -0.1) is 0 Å². The first-order chi connectivity index (χ1) is 10.4. The number of ether oxygens (including phenoxy) is 2. The quantitative estimate of drug-likeness (QED) is 0.842. The lowest BCUT2D eigenvalue weighted by Crippen LogP contribution is -2.08. The molecule has 0 atom stereocenters. The van der Waals surface area contributed by atoms with E-state index >= 15 is 0 Å². The molecule has 0 radical (unpaired) electrons. The number of benzene rings is 2. The first-order valence-corrected chi connectivity index (χ1v) is 7.11. The third-order valence-electron chi connectivity index (χ3n) is 3.70. The van der Waals surface area contributed by atoms with E-state index < -0.39 is 0 Å². The largest absolute Gasteiger partial charge is 0.488 e. The van der Waals surface area contributed by atoms with Gasteiger partial charge in [0.15, 0.2) is 0 Å². The van der Waals surface area contributed by atoms with Gasteiger partial charge in [0, 0.05) is 11.1 Å². The van der Waals surface area contributed by atoms with Crippen molar-refractivity contribution in [3.8, 4) is 5.75 Å². The summed E-state index contributed by atoms with van der Waals surface area (Å²) in [7, 11) is 0. The van der Waals surface area contributed by atoms with Crippen LogP contribution < -0.4 is 4.74 Å². The lowest BCUT2D eigenvalue weighted by molar-refractivity contribution is 0.348. The van der Waals surface area contributed by atoms with Gasteiger partial charge in [-0.1, -0.05) is 30.3 Å². The van der Waals surface area contributed by atoms with Crippen LogP contribution in [-0.2, 0) is 4.74 Å². The predicted octanol–water partition coefficient (Wildman–Crippen LogP) is 3.40. The average Bonchev–Trinajstić information content (AvgIpc) is 3.09. The molecule has 104 valence electrons. The van der Waals surface area contributed by atoms with Gasteiger partial charge in [-0.2, -0.15) is 0 Å². The number of hydrogen-bond donors (Lipinski definition) is 0. The molecule has 2 heterocycles. The first kappa shape index (κ1) is 12.2. The van der Waals surface area contributed by atoms with Crippen molar-refractivity contribution in [2.45, 2.75) is 0 Å². The maximum absolute atomic E-state index is 5.86. The smallest absolute Gasteiger partial charge is 0.216 e. The molecule has 0 saturated carbocycles. The number of nitrogens with zero attached hydrogens (tertiary/aromatic N) is 1. The molecule has 0 spiro atoms. The SMILES string of the molecule is C1=C(c2ccccc2)COc2ccc(C3=NCCO3)cc21. The monoisotopic (exact) mass is 277 g/mol. The second-order valence-corrected chi connectivity index (χ2v) is 5.11. The highest BCUT2D eigenvalue weighted by Crippen LogP contribution is 2.31. The Morgan fingerprint density at radius 2 is 1.81 bits per heavy atom. The van der Waals surface area contributed by atoms with Crippen LogP contribution in [0.5, 0.6) is 5.75 Å². The zero-order valence-electron chi connectivity index (χ0n) is 11.6. The van der Waals surface area contributed by atoms with Gasteiger partial charge in [0.25, 0.3) is 0 Å². The van der Waals surface area contributed by atoms with E-state index in [-0.39, 0.29) is 0 Å². The molecule has 2 aliphatic heterocycles. The van der Waals surface area contributed by atoms with Crippen LogP contribution in [0.15, 0.2) is 53.5 Å². The minimum Gasteiger partial charge on any atom is -0.488 e. The molecule has 0 N–H and O–H groups in total. The molecule has 2 aromatic rings. The van der Waals surface area contributed by atoms with Crippen molar-refractivity contribution >= 4 is 17.5 Å². The van der Waals surface area contributed by atoms with E-state index in [0.717, 1.165) is 29.3 Å². The number of aliphatic imine (C=N–C) groups is 1. The van der Waals surface area contributed by atoms with Crippen LogP contribution in [-0.4, -0.2) is 25.7 Å². The van der Waals surface area contributed by atoms with Crippen molar-refractivity contribution in [1.82, 2.24) is 0 Å². The molecule has 4 rings (SSSR count). The van der Waals surface area contributed by atoms with Crippen molar-refractivity contribution in [2.24, 2.45) is 4.99 Å². The molecular formula is C18H15NO2. The van der Waals surface area contributed by atoms with Crippen molar-refractivity contribution < 1.29 is 9.47 Å². The Bertz CT molecular complexity index is 732. The lowest BCUT2D eigenvalue weighted by Gasteiger charge is -2.19. The normalized spacial score (nSPS) is 16.4. The Labute approximate surface area is 123 Å². The van der Waals surface area contributed by atoms with Gasteiger partial charge in [0.05, 0.1) is 6.54 Å². The summed E-state index contributed by atoms with van der Waals surface area (Å²) in [6.45, 7) is 2.02. The molecule has 21 heavy (non-hydrogen) atoms. The molecule has 0 unspecified atom stereocenters. The van der Waals surface area contributed by atoms with Crippen molar-refractivity contribution in [3.05, 3.63) is 65.2 Å². The highest BCUT2D eigenvalue weighted by atomic mass is 16.5. The van der Waals surface area contributed by atoms with Gasteiger partial charge in [-0.3, -0.25) is 0 Å². The number of hydrogen-bond acceptors (Lipinski definition) is 3. The van der Waals surface area contributed by atoms with E-state index in [4.69, 9.17) is 9.47 Å². The molecule has 0 aliphatic carbocycles. The maximum Gasteiger partial charge on any atom is 0.216 e. The Morgan fingerprint density at radius 3 is 2.62 bits per heavy atom. The third kappa shape index (κ3) is 2.31. The summed E-state index contributed by atoms with van der Waals surface area (Å²) in [6, 6.07) is 16.4. The van der Waals surface area contributed by atoms with Gasteiger partial charge >= 0.3 is 0 Å². The van der Waals surface area contributed by atoms with Crippen LogP contribution >= 0.6 is 0 Å². The van der Waals surface area contributed by atoms with E-state index in [1.807, 2.05) is 30.3 Å². The van der Waals surface area contributed by atoms with Gasteiger partial charge in [-0.25, -0.2) is 4.99 Å². The fraction of sp³-hybridized carbons (Fsp3) is 0.167.